The van der Waals surface area contributed by atoms with Crippen LogP contribution in [-0.2, 0) is 0 Å². The maximum absolute atomic E-state index is 12.0. The second-order valence-corrected chi connectivity index (χ2v) is 3.59. The quantitative estimate of drug-likeness (QED) is 0.833. The van der Waals surface area contributed by atoms with Crippen LogP contribution in [0, 0.1) is 11.3 Å². The molecule has 0 bridgehead atoms. The highest BCUT2D eigenvalue weighted by atomic mass is 19.4. The molecule has 0 atom stereocenters. The maximum atomic E-state index is 12.0. The summed E-state index contributed by atoms with van der Waals surface area (Å²) in [6.07, 6.45) is -4.71. The first-order chi connectivity index (χ1) is 8.98. The molecule has 1 heterocycles. The Balaban J connectivity index is 2.25. The predicted molar refractivity (Wildman–Crippen MR) is 61.1 cm³/mol. The third kappa shape index (κ3) is 3.45. The number of rotatable bonds is 2. The number of halogens is 3. The lowest BCUT2D eigenvalue weighted by molar-refractivity contribution is -0.274. The van der Waals surface area contributed by atoms with Gasteiger partial charge in [0, 0.05) is 5.56 Å². The molecule has 96 valence electrons. The second-order valence-electron chi connectivity index (χ2n) is 3.59. The van der Waals surface area contributed by atoms with E-state index in [2.05, 4.69) is 9.72 Å². The summed E-state index contributed by atoms with van der Waals surface area (Å²) in [6, 6.07) is 12.1. The average molecular weight is 264 g/mol. The Morgan fingerprint density at radius 1 is 1.05 bits per heavy atom. The number of hydrogen-bond acceptors (Lipinski definition) is 3. The molecule has 19 heavy (non-hydrogen) atoms. The fraction of sp³-hybridized carbons (Fsp3) is 0.0769. The SMILES string of the molecule is N#Cc1cccc(-c2ccc(OC(F)(F)F)cc2)n1. The van der Waals surface area contributed by atoms with Crippen molar-refractivity contribution in [3.63, 3.8) is 0 Å². The van der Waals surface area contributed by atoms with Crippen LogP contribution >= 0.6 is 0 Å². The topological polar surface area (TPSA) is 45.9 Å². The van der Waals surface area contributed by atoms with Crippen molar-refractivity contribution in [2.45, 2.75) is 6.36 Å². The standard InChI is InChI=1S/C13H7F3N2O/c14-13(15,16)19-11-6-4-9(5-7-11)12-3-1-2-10(8-17)18-12/h1-7H. The summed E-state index contributed by atoms with van der Waals surface area (Å²) in [6.45, 7) is 0. The number of ether oxygens (including phenoxy) is 1. The summed E-state index contributed by atoms with van der Waals surface area (Å²) in [5, 5.41) is 8.72. The lowest BCUT2D eigenvalue weighted by Crippen LogP contribution is -2.16. The van der Waals surface area contributed by atoms with E-state index in [0.717, 1.165) is 0 Å². The van der Waals surface area contributed by atoms with Gasteiger partial charge in [0.1, 0.15) is 17.5 Å². The van der Waals surface area contributed by atoms with Crippen LogP contribution in [0.25, 0.3) is 11.3 Å². The molecule has 0 radical (unpaired) electrons. The van der Waals surface area contributed by atoms with Crippen LogP contribution in [0.15, 0.2) is 42.5 Å². The molecule has 0 unspecified atom stereocenters. The van der Waals surface area contributed by atoms with Crippen molar-refractivity contribution < 1.29 is 17.9 Å². The molecule has 0 aliphatic rings. The van der Waals surface area contributed by atoms with Crippen LogP contribution in [0.4, 0.5) is 13.2 Å². The predicted octanol–water partition coefficient (Wildman–Crippen LogP) is 3.52. The summed E-state index contributed by atoms with van der Waals surface area (Å²) in [7, 11) is 0. The average Bonchev–Trinajstić information content (AvgIpc) is 2.38. The van der Waals surface area contributed by atoms with Gasteiger partial charge >= 0.3 is 6.36 Å². The minimum atomic E-state index is -4.71. The maximum Gasteiger partial charge on any atom is 0.573 e. The summed E-state index contributed by atoms with van der Waals surface area (Å²) in [5.74, 6) is -0.298. The van der Waals surface area contributed by atoms with Gasteiger partial charge < -0.3 is 4.74 Å². The van der Waals surface area contributed by atoms with Gasteiger partial charge in [-0.05, 0) is 36.4 Å². The Kier molecular flexibility index (Phi) is 3.38. The number of benzene rings is 1. The van der Waals surface area contributed by atoms with Gasteiger partial charge in [-0.25, -0.2) is 4.98 Å². The zero-order valence-corrected chi connectivity index (χ0v) is 9.48. The van der Waals surface area contributed by atoms with Gasteiger partial charge in [-0.3, -0.25) is 0 Å². The molecule has 0 N–H and O–H groups in total. The Morgan fingerprint density at radius 3 is 2.32 bits per heavy atom. The highest BCUT2D eigenvalue weighted by molar-refractivity contribution is 5.60. The molecule has 0 saturated carbocycles. The number of alkyl halides is 3. The fourth-order valence-corrected chi connectivity index (χ4v) is 1.49. The number of aromatic nitrogens is 1. The van der Waals surface area contributed by atoms with E-state index >= 15 is 0 Å². The molecular formula is C13H7F3N2O. The van der Waals surface area contributed by atoms with Crippen LogP contribution in [0.5, 0.6) is 5.75 Å². The molecule has 1 aromatic carbocycles. The third-order valence-electron chi connectivity index (χ3n) is 2.25. The fourth-order valence-electron chi connectivity index (χ4n) is 1.49. The van der Waals surface area contributed by atoms with E-state index < -0.39 is 6.36 Å². The number of nitriles is 1. The van der Waals surface area contributed by atoms with Crippen LogP contribution < -0.4 is 4.74 Å². The molecule has 0 aliphatic heterocycles. The smallest absolute Gasteiger partial charge is 0.406 e. The Hall–Kier alpha value is -2.55. The Bertz CT molecular complexity index is 615. The Labute approximate surface area is 106 Å². The van der Waals surface area contributed by atoms with Gasteiger partial charge in [0.05, 0.1) is 5.69 Å². The van der Waals surface area contributed by atoms with E-state index in [-0.39, 0.29) is 11.4 Å². The van der Waals surface area contributed by atoms with Crippen LogP contribution in [0.2, 0.25) is 0 Å². The van der Waals surface area contributed by atoms with Gasteiger partial charge in [-0.1, -0.05) is 6.07 Å². The van der Waals surface area contributed by atoms with E-state index in [1.165, 1.54) is 24.3 Å². The van der Waals surface area contributed by atoms with Crippen molar-refractivity contribution in [2.75, 3.05) is 0 Å². The van der Waals surface area contributed by atoms with Crippen molar-refractivity contribution in [1.29, 1.82) is 5.26 Å². The third-order valence-corrected chi connectivity index (χ3v) is 2.25. The van der Waals surface area contributed by atoms with Crippen LogP contribution in [-0.4, -0.2) is 11.3 Å². The molecule has 1 aromatic heterocycles. The molecule has 0 aliphatic carbocycles. The van der Waals surface area contributed by atoms with Crippen molar-refractivity contribution in [3.05, 3.63) is 48.2 Å². The van der Waals surface area contributed by atoms with Gasteiger partial charge in [0.2, 0.25) is 0 Å². The Morgan fingerprint density at radius 2 is 1.74 bits per heavy atom. The molecule has 2 rings (SSSR count). The summed E-state index contributed by atoms with van der Waals surface area (Å²) in [4.78, 5) is 4.04. The normalized spacial score (nSPS) is 10.8. The van der Waals surface area contributed by atoms with Gasteiger partial charge in [0.25, 0.3) is 0 Å². The van der Waals surface area contributed by atoms with Crippen molar-refractivity contribution in [3.8, 4) is 23.1 Å². The molecule has 0 fully saturated rings. The van der Waals surface area contributed by atoms with E-state index in [0.29, 0.717) is 11.3 Å². The van der Waals surface area contributed by atoms with Gasteiger partial charge in [-0.2, -0.15) is 5.26 Å². The highest BCUT2D eigenvalue weighted by Gasteiger charge is 2.30. The van der Waals surface area contributed by atoms with Gasteiger partial charge in [0.15, 0.2) is 0 Å². The second kappa shape index (κ2) is 4.98. The largest absolute Gasteiger partial charge is 0.573 e. The number of pyridine rings is 1. The number of nitrogens with zero attached hydrogens (tertiary/aromatic N) is 2. The first kappa shape index (κ1) is 12.9. The summed E-state index contributed by atoms with van der Waals surface area (Å²) < 4.78 is 39.7. The zero-order chi connectivity index (χ0) is 13.9. The molecule has 6 heteroatoms. The molecular weight excluding hydrogens is 257 g/mol. The van der Waals surface area contributed by atoms with Crippen molar-refractivity contribution >= 4 is 0 Å². The minimum Gasteiger partial charge on any atom is -0.406 e. The van der Waals surface area contributed by atoms with E-state index in [9.17, 15) is 13.2 Å². The lowest BCUT2D eigenvalue weighted by atomic mass is 10.1. The summed E-state index contributed by atoms with van der Waals surface area (Å²) in [5.41, 5.74) is 1.36. The first-order valence-electron chi connectivity index (χ1n) is 5.21. The van der Waals surface area contributed by atoms with Crippen LogP contribution in [0.3, 0.4) is 0 Å². The van der Waals surface area contributed by atoms with E-state index in [1.54, 1.807) is 18.2 Å². The minimum absolute atomic E-state index is 0.244. The lowest BCUT2D eigenvalue weighted by Gasteiger charge is -2.09. The van der Waals surface area contributed by atoms with Crippen molar-refractivity contribution in [2.24, 2.45) is 0 Å². The molecule has 0 spiro atoms. The molecule has 0 saturated heterocycles. The van der Waals surface area contributed by atoms with Crippen molar-refractivity contribution in [1.82, 2.24) is 4.98 Å². The van der Waals surface area contributed by atoms with E-state index in [1.807, 2.05) is 6.07 Å². The monoisotopic (exact) mass is 264 g/mol. The molecule has 3 nitrogen and oxygen atoms in total. The highest BCUT2D eigenvalue weighted by Crippen LogP contribution is 2.25. The molecule has 0 amide bonds. The summed E-state index contributed by atoms with van der Waals surface area (Å²) >= 11 is 0. The zero-order valence-electron chi connectivity index (χ0n) is 9.48. The number of hydrogen-bond donors (Lipinski definition) is 0. The van der Waals surface area contributed by atoms with Crippen LogP contribution in [0.1, 0.15) is 5.69 Å². The van der Waals surface area contributed by atoms with E-state index in [4.69, 9.17) is 5.26 Å². The molecule has 2 aromatic rings. The first-order valence-corrected chi connectivity index (χ1v) is 5.21. The van der Waals surface area contributed by atoms with Gasteiger partial charge in [-0.15, -0.1) is 13.2 Å².